The van der Waals surface area contributed by atoms with Crippen molar-refractivity contribution in [2.75, 3.05) is 19.6 Å². The number of nitrogens with zero attached hydrogens (tertiary/aromatic N) is 2. The number of aromatic nitrogens is 1. The summed E-state index contributed by atoms with van der Waals surface area (Å²) >= 11 is 6.28. The van der Waals surface area contributed by atoms with Crippen molar-refractivity contribution >= 4 is 17.2 Å². The molecule has 1 aliphatic carbocycles. The minimum absolute atomic E-state index is 0.271. The number of aliphatic hydroxyl groups is 1. The maximum Gasteiger partial charge on any atom is 0.0739 e. The van der Waals surface area contributed by atoms with Gasteiger partial charge in [-0.05, 0) is 67.5 Å². The van der Waals surface area contributed by atoms with Crippen LogP contribution in [0.3, 0.4) is 0 Å². The first-order valence-corrected chi connectivity index (χ1v) is 9.85. The predicted octanol–water partition coefficient (Wildman–Crippen LogP) is 4.11. The lowest BCUT2D eigenvalue weighted by molar-refractivity contribution is 0.121. The zero-order valence-electron chi connectivity index (χ0n) is 15.2. The summed E-state index contributed by atoms with van der Waals surface area (Å²) in [6.07, 6.45) is 5.69. The molecule has 1 N–H and O–H groups in total. The Morgan fingerprint density at radius 2 is 1.88 bits per heavy atom. The summed E-state index contributed by atoms with van der Waals surface area (Å²) in [7, 11) is 0. The Morgan fingerprint density at radius 3 is 2.65 bits per heavy atom. The highest BCUT2D eigenvalue weighted by Crippen LogP contribution is 2.38. The van der Waals surface area contributed by atoms with Crippen molar-refractivity contribution in [3.63, 3.8) is 0 Å². The molecule has 3 nitrogen and oxygen atoms in total. The van der Waals surface area contributed by atoms with Gasteiger partial charge in [-0.2, -0.15) is 0 Å². The first-order chi connectivity index (χ1) is 12.6. The molecule has 1 atom stereocenters. The van der Waals surface area contributed by atoms with Crippen LogP contribution in [-0.2, 0) is 12.8 Å². The molecule has 26 heavy (non-hydrogen) atoms. The monoisotopic (exact) mass is 368 g/mol. The zero-order chi connectivity index (χ0) is 18.1. The van der Waals surface area contributed by atoms with E-state index in [1.807, 2.05) is 25.3 Å². The Labute approximate surface area is 160 Å². The van der Waals surface area contributed by atoms with Crippen molar-refractivity contribution in [3.8, 4) is 0 Å². The number of hydrogen-bond acceptors (Lipinski definition) is 3. The number of piperidine rings is 1. The van der Waals surface area contributed by atoms with Gasteiger partial charge in [0.15, 0.2) is 0 Å². The zero-order valence-corrected chi connectivity index (χ0v) is 16.0. The minimum atomic E-state index is -0.271. The van der Waals surface area contributed by atoms with Crippen LogP contribution in [0, 0.1) is 0 Å². The Bertz CT molecular complexity index is 834. The smallest absolute Gasteiger partial charge is 0.0739 e. The van der Waals surface area contributed by atoms with E-state index in [9.17, 15) is 5.11 Å². The molecule has 1 saturated heterocycles. The number of aliphatic hydroxyl groups excluding tert-OH is 1. The summed E-state index contributed by atoms with van der Waals surface area (Å²) in [4.78, 5) is 7.13. The molecule has 0 radical (unpaired) electrons. The number of rotatable bonds is 2. The summed E-state index contributed by atoms with van der Waals surface area (Å²) < 4.78 is 0. The van der Waals surface area contributed by atoms with Crippen molar-refractivity contribution in [2.45, 2.75) is 38.7 Å². The summed E-state index contributed by atoms with van der Waals surface area (Å²) in [6, 6.07) is 10.5. The average molecular weight is 369 g/mol. The van der Waals surface area contributed by atoms with Crippen LogP contribution < -0.4 is 0 Å². The predicted molar refractivity (Wildman–Crippen MR) is 106 cm³/mol. The molecule has 2 heterocycles. The molecular formula is C22H25ClN2O. The van der Waals surface area contributed by atoms with Crippen LogP contribution in [0.15, 0.2) is 42.1 Å². The topological polar surface area (TPSA) is 36.4 Å². The van der Waals surface area contributed by atoms with Crippen molar-refractivity contribution < 1.29 is 5.11 Å². The fraction of sp³-hybridized carbons (Fsp3) is 0.409. The van der Waals surface area contributed by atoms with E-state index >= 15 is 0 Å². The normalized spacial score (nSPS) is 18.9. The Balaban J connectivity index is 1.77. The molecule has 1 aliphatic heterocycles. The van der Waals surface area contributed by atoms with Crippen LogP contribution in [0.25, 0.3) is 5.57 Å². The van der Waals surface area contributed by atoms with Gasteiger partial charge in [-0.15, -0.1) is 0 Å². The maximum atomic E-state index is 9.67. The van der Waals surface area contributed by atoms with E-state index < -0.39 is 0 Å². The first-order valence-electron chi connectivity index (χ1n) is 9.47. The second-order valence-corrected chi connectivity index (χ2v) is 7.88. The molecule has 1 aromatic heterocycles. The van der Waals surface area contributed by atoms with E-state index in [0.29, 0.717) is 0 Å². The van der Waals surface area contributed by atoms with Gasteiger partial charge in [0.05, 0.1) is 11.8 Å². The molecule has 4 heteroatoms. The van der Waals surface area contributed by atoms with E-state index in [1.165, 1.54) is 27.8 Å². The maximum absolute atomic E-state index is 9.67. The SMILES string of the molecule is CC(O)CN1CCC(=C2c3ccc(Cl)cc3CCc3cccnc32)CC1. The fourth-order valence-electron chi connectivity index (χ4n) is 4.26. The van der Waals surface area contributed by atoms with Crippen molar-refractivity contribution in [1.29, 1.82) is 0 Å². The standard InChI is InChI=1S/C22H25ClN2O/c1-15(26)14-25-11-8-16(9-12-25)21-20-7-6-19(23)13-18(20)5-4-17-3-2-10-24-22(17)21/h2-3,6-7,10,13,15,26H,4-5,8-9,11-12,14H2,1H3. The molecule has 0 amide bonds. The third-order valence-electron chi connectivity index (χ3n) is 5.46. The molecule has 2 aliphatic rings. The van der Waals surface area contributed by atoms with Crippen molar-refractivity contribution in [1.82, 2.24) is 9.88 Å². The highest BCUT2D eigenvalue weighted by atomic mass is 35.5. The van der Waals surface area contributed by atoms with Crippen LogP contribution in [0.2, 0.25) is 5.02 Å². The van der Waals surface area contributed by atoms with Gasteiger partial charge >= 0.3 is 0 Å². The van der Waals surface area contributed by atoms with Crippen molar-refractivity contribution in [2.24, 2.45) is 0 Å². The minimum Gasteiger partial charge on any atom is -0.392 e. The Morgan fingerprint density at radius 1 is 1.12 bits per heavy atom. The average Bonchev–Trinajstić information content (AvgIpc) is 2.79. The lowest BCUT2D eigenvalue weighted by Crippen LogP contribution is -2.36. The summed E-state index contributed by atoms with van der Waals surface area (Å²) in [5.41, 5.74) is 7.90. The van der Waals surface area contributed by atoms with Gasteiger partial charge in [-0.1, -0.05) is 29.3 Å². The van der Waals surface area contributed by atoms with Crippen LogP contribution in [0.1, 0.15) is 42.1 Å². The third-order valence-corrected chi connectivity index (χ3v) is 5.70. The van der Waals surface area contributed by atoms with E-state index in [4.69, 9.17) is 16.6 Å². The van der Waals surface area contributed by atoms with Gasteiger partial charge in [-0.3, -0.25) is 4.98 Å². The Kier molecular flexibility index (Phi) is 5.12. The summed E-state index contributed by atoms with van der Waals surface area (Å²) in [6.45, 7) is 4.60. The molecule has 0 bridgehead atoms. The second kappa shape index (κ2) is 7.51. The van der Waals surface area contributed by atoms with Gasteiger partial charge in [0, 0.05) is 36.4 Å². The molecule has 136 valence electrons. The van der Waals surface area contributed by atoms with E-state index in [-0.39, 0.29) is 6.10 Å². The van der Waals surface area contributed by atoms with Gasteiger partial charge < -0.3 is 10.0 Å². The molecule has 1 unspecified atom stereocenters. The highest BCUT2D eigenvalue weighted by molar-refractivity contribution is 6.30. The van der Waals surface area contributed by atoms with Gasteiger partial charge in [0.25, 0.3) is 0 Å². The van der Waals surface area contributed by atoms with Crippen LogP contribution in [-0.4, -0.2) is 40.7 Å². The molecule has 4 rings (SSSR count). The molecule has 0 saturated carbocycles. The number of pyridine rings is 1. The lowest BCUT2D eigenvalue weighted by atomic mass is 9.88. The number of hydrogen-bond donors (Lipinski definition) is 1. The largest absolute Gasteiger partial charge is 0.392 e. The Hall–Kier alpha value is -1.68. The number of halogens is 1. The number of benzene rings is 1. The third kappa shape index (κ3) is 3.57. The van der Waals surface area contributed by atoms with Crippen LogP contribution in [0.5, 0.6) is 0 Å². The van der Waals surface area contributed by atoms with Gasteiger partial charge in [0.1, 0.15) is 0 Å². The summed E-state index contributed by atoms with van der Waals surface area (Å²) in [5, 5.41) is 10.5. The second-order valence-electron chi connectivity index (χ2n) is 7.44. The highest BCUT2D eigenvalue weighted by Gasteiger charge is 2.25. The number of likely N-dealkylation sites (tertiary alicyclic amines) is 1. The molecule has 1 fully saturated rings. The van der Waals surface area contributed by atoms with Crippen LogP contribution in [0.4, 0.5) is 0 Å². The van der Waals surface area contributed by atoms with E-state index in [0.717, 1.165) is 56.0 Å². The number of β-amino-alcohol motifs (C(OH)–C–C–N with tert-alkyl or cyclic N) is 1. The molecule has 1 aromatic carbocycles. The molecule has 0 spiro atoms. The fourth-order valence-corrected chi connectivity index (χ4v) is 4.46. The van der Waals surface area contributed by atoms with Crippen molar-refractivity contribution in [3.05, 3.63) is 69.5 Å². The lowest BCUT2D eigenvalue weighted by Gasteiger charge is -2.31. The van der Waals surface area contributed by atoms with E-state index in [1.54, 1.807) is 0 Å². The van der Waals surface area contributed by atoms with Crippen LogP contribution >= 0.6 is 11.6 Å². The quantitative estimate of drug-likeness (QED) is 0.866. The number of fused-ring (bicyclic) bond motifs is 2. The van der Waals surface area contributed by atoms with Gasteiger partial charge in [-0.25, -0.2) is 0 Å². The summed E-state index contributed by atoms with van der Waals surface area (Å²) in [5.74, 6) is 0. The number of aryl methyl sites for hydroxylation is 2. The molecule has 2 aromatic rings. The van der Waals surface area contributed by atoms with Gasteiger partial charge in [0.2, 0.25) is 0 Å². The first kappa shape index (κ1) is 17.7. The molecular weight excluding hydrogens is 344 g/mol. The van der Waals surface area contributed by atoms with E-state index in [2.05, 4.69) is 23.1 Å².